The van der Waals surface area contributed by atoms with Gasteiger partial charge in [-0.15, -0.1) is 0 Å². The first-order chi connectivity index (χ1) is 13.2. The molecular weight excluding hydrogens is 326 g/mol. The third-order valence-corrected chi connectivity index (χ3v) is 4.90. The van der Waals surface area contributed by atoms with E-state index in [1.807, 2.05) is 0 Å². The first-order valence-electron chi connectivity index (χ1n) is 9.31. The molecule has 0 radical (unpaired) electrons. The van der Waals surface area contributed by atoms with E-state index >= 15 is 0 Å². The Morgan fingerprint density at radius 1 is 0.667 bits per heavy atom. The van der Waals surface area contributed by atoms with Gasteiger partial charge in [0.15, 0.2) is 0 Å². The molecule has 132 valence electrons. The lowest BCUT2D eigenvalue weighted by atomic mass is 9.87. The minimum Gasteiger partial charge on any atom is -0.399 e. The molecule has 3 aromatic rings. The van der Waals surface area contributed by atoms with Gasteiger partial charge >= 0.3 is 0 Å². The van der Waals surface area contributed by atoms with Crippen LogP contribution in [0.25, 0.3) is 27.8 Å². The van der Waals surface area contributed by atoms with E-state index in [0.717, 1.165) is 12.1 Å². The van der Waals surface area contributed by atoms with Crippen molar-refractivity contribution in [2.75, 3.05) is 0 Å². The predicted molar refractivity (Wildman–Crippen MR) is 116 cm³/mol. The van der Waals surface area contributed by atoms with E-state index < -0.39 is 0 Å². The second-order valence-corrected chi connectivity index (χ2v) is 6.96. The highest BCUT2D eigenvalue weighted by atomic mass is 14.6. The lowest BCUT2D eigenvalue weighted by Crippen LogP contribution is -1.97. The van der Waals surface area contributed by atoms with Crippen LogP contribution in [0.4, 0.5) is 0 Å². The van der Waals surface area contributed by atoms with Crippen LogP contribution < -0.4 is 5.73 Å². The smallest absolute Gasteiger partial charge is 0.0319 e. The third kappa shape index (κ3) is 3.63. The first-order valence-corrected chi connectivity index (χ1v) is 9.31. The van der Waals surface area contributed by atoms with Gasteiger partial charge in [-0.2, -0.15) is 0 Å². The summed E-state index contributed by atoms with van der Waals surface area (Å²) in [6.07, 6.45) is 7.37. The van der Waals surface area contributed by atoms with Crippen LogP contribution in [0.2, 0.25) is 0 Å². The van der Waals surface area contributed by atoms with Crippen LogP contribution >= 0.6 is 0 Å². The van der Waals surface area contributed by atoms with Crippen molar-refractivity contribution in [2.45, 2.75) is 13.3 Å². The largest absolute Gasteiger partial charge is 0.399 e. The molecule has 0 saturated heterocycles. The number of benzene rings is 3. The van der Waals surface area contributed by atoms with Crippen molar-refractivity contribution in [2.24, 2.45) is 5.73 Å². The molecule has 3 aromatic carbocycles. The molecule has 0 aromatic heterocycles. The van der Waals surface area contributed by atoms with E-state index in [4.69, 9.17) is 5.73 Å². The molecule has 0 saturated carbocycles. The Morgan fingerprint density at radius 3 is 1.78 bits per heavy atom. The molecule has 0 bridgehead atoms. The summed E-state index contributed by atoms with van der Waals surface area (Å²) in [5, 5.41) is 0. The van der Waals surface area contributed by atoms with Crippen LogP contribution in [0.5, 0.6) is 0 Å². The van der Waals surface area contributed by atoms with Crippen molar-refractivity contribution in [3.63, 3.8) is 0 Å². The fraction of sp³-hybridized carbons (Fsp3) is 0.0769. The van der Waals surface area contributed by atoms with Crippen molar-refractivity contribution in [1.82, 2.24) is 0 Å². The SMILES string of the molecule is CC1=CC(N)=CC(c2c(-c3ccccc3)cccc2-c2ccccc2)=CC1. The summed E-state index contributed by atoms with van der Waals surface area (Å²) in [7, 11) is 0. The molecule has 1 heteroatoms. The van der Waals surface area contributed by atoms with Gasteiger partial charge in [-0.25, -0.2) is 0 Å². The van der Waals surface area contributed by atoms with Crippen molar-refractivity contribution in [3.8, 4) is 22.3 Å². The zero-order chi connectivity index (χ0) is 18.6. The molecule has 4 rings (SSSR count). The average molecular weight is 349 g/mol. The fourth-order valence-corrected chi connectivity index (χ4v) is 3.65. The second-order valence-electron chi connectivity index (χ2n) is 6.96. The minimum atomic E-state index is 0.804. The van der Waals surface area contributed by atoms with Gasteiger partial charge in [0, 0.05) is 5.70 Å². The summed E-state index contributed by atoms with van der Waals surface area (Å²) < 4.78 is 0. The maximum atomic E-state index is 6.27. The summed E-state index contributed by atoms with van der Waals surface area (Å²) >= 11 is 0. The number of nitrogens with two attached hydrogens (primary N) is 1. The Hall–Kier alpha value is -3.32. The lowest BCUT2D eigenvalue weighted by Gasteiger charge is -2.17. The van der Waals surface area contributed by atoms with Gasteiger partial charge in [0.2, 0.25) is 0 Å². The van der Waals surface area contributed by atoms with E-state index in [-0.39, 0.29) is 0 Å². The van der Waals surface area contributed by atoms with Crippen LogP contribution in [-0.2, 0) is 0 Å². The number of rotatable bonds is 3. The Kier molecular flexibility index (Phi) is 4.76. The molecule has 1 nitrogen and oxygen atoms in total. The molecule has 1 aliphatic carbocycles. The maximum Gasteiger partial charge on any atom is 0.0319 e. The highest BCUT2D eigenvalue weighted by molar-refractivity contribution is 5.94. The van der Waals surface area contributed by atoms with Gasteiger partial charge in [0.05, 0.1) is 0 Å². The standard InChI is InChI=1S/C26H23N/c1-19-15-16-22(18-23(27)17-19)26-24(20-9-4-2-5-10-20)13-8-14-25(26)21-11-6-3-7-12-21/h2-14,16-18H,15,27H2,1H3. The van der Waals surface area contributed by atoms with E-state index in [1.54, 1.807) is 0 Å². The quantitative estimate of drug-likeness (QED) is 0.566. The Morgan fingerprint density at radius 2 is 1.22 bits per heavy atom. The number of hydrogen-bond donors (Lipinski definition) is 1. The summed E-state index contributed by atoms with van der Waals surface area (Å²) in [5.74, 6) is 0. The van der Waals surface area contributed by atoms with Gasteiger partial charge in [-0.3, -0.25) is 0 Å². The zero-order valence-corrected chi connectivity index (χ0v) is 15.5. The van der Waals surface area contributed by atoms with E-state index in [0.29, 0.717) is 0 Å². The molecule has 0 amide bonds. The Labute approximate surface area is 161 Å². The number of hydrogen-bond acceptors (Lipinski definition) is 1. The van der Waals surface area contributed by atoms with Gasteiger partial charge in [-0.05, 0) is 58.9 Å². The first kappa shape index (κ1) is 17.1. The van der Waals surface area contributed by atoms with Gasteiger partial charge in [0.25, 0.3) is 0 Å². The van der Waals surface area contributed by atoms with Crippen molar-refractivity contribution < 1.29 is 0 Å². The highest BCUT2D eigenvalue weighted by Gasteiger charge is 2.15. The lowest BCUT2D eigenvalue weighted by molar-refractivity contribution is 1.21. The molecule has 0 spiro atoms. The van der Waals surface area contributed by atoms with Gasteiger partial charge in [0.1, 0.15) is 0 Å². The van der Waals surface area contributed by atoms with Crippen LogP contribution in [0.3, 0.4) is 0 Å². The van der Waals surface area contributed by atoms with Crippen molar-refractivity contribution in [1.29, 1.82) is 0 Å². The number of allylic oxidation sites excluding steroid dienone is 5. The predicted octanol–water partition coefficient (Wildman–Crippen LogP) is 6.60. The monoisotopic (exact) mass is 349 g/mol. The summed E-state index contributed by atoms with van der Waals surface area (Å²) in [6.45, 7) is 2.13. The topological polar surface area (TPSA) is 26.0 Å². The minimum absolute atomic E-state index is 0.804. The van der Waals surface area contributed by atoms with E-state index in [1.165, 1.54) is 39.0 Å². The Bertz CT molecular complexity index is 980. The second kappa shape index (κ2) is 7.51. The molecule has 1 aliphatic rings. The van der Waals surface area contributed by atoms with Crippen LogP contribution in [0.15, 0.2) is 108 Å². The summed E-state index contributed by atoms with van der Waals surface area (Å²) in [5.41, 5.74) is 15.7. The van der Waals surface area contributed by atoms with Crippen LogP contribution in [0.1, 0.15) is 18.9 Å². The summed E-state index contributed by atoms with van der Waals surface area (Å²) in [6, 6.07) is 27.7. The van der Waals surface area contributed by atoms with Crippen molar-refractivity contribution in [3.05, 3.63) is 114 Å². The van der Waals surface area contributed by atoms with Gasteiger partial charge in [-0.1, -0.05) is 90.5 Å². The molecular formula is C26H23N. The summed E-state index contributed by atoms with van der Waals surface area (Å²) in [4.78, 5) is 0. The average Bonchev–Trinajstić information content (AvgIpc) is 2.88. The third-order valence-electron chi connectivity index (χ3n) is 4.90. The molecule has 0 atom stereocenters. The molecule has 2 N–H and O–H groups in total. The normalized spacial score (nSPS) is 14.0. The zero-order valence-electron chi connectivity index (χ0n) is 15.5. The fourth-order valence-electron chi connectivity index (χ4n) is 3.65. The molecule has 0 heterocycles. The maximum absolute atomic E-state index is 6.27. The van der Waals surface area contributed by atoms with E-state index in [9.17, 15) is 0 Å². The highest BCUT2D eigenvalue weighted by Crippen LogP contribution is 2.38. The molecule has 27 heavy (non-hydrogen) atoms. The van der Waals surface area contributed by atoms with Crippen molar-refractivity contribution >= 4 is 5.57 Å². The van der Waals surface area contributed by atoms with E-state index in [2.05, 4.69) is 104 Å². The molecule has 0 fully saturated rings. The van der Waals surface area contributed by atoms with Crippen LogP contribution in [-0.4, -0.2) is 0 Å². The van der Waals surface area contributed by atoms with Gasteiger partial charge < -0.3 is 5.73 Å². The Balaban J connectivity index is 1.99. The van der Waals surface area contributed by atoms with Crippen LogP contribution in [0, 0.1) is 0 Å². The molecule has 0 aliphatic heterocycles. The molecule has 0 unspecified atom stereocenters.